The molecular weight excluding hydrogens is 133 g/mol. The summed E-state index contributed by atoms with van der Waals surface area (Å²) in [7, 11) is 0. The Labute approximate surface area is 70.2 Å². The van der Waals surface area contributed by atoms with Gasteiger partial charge in [0.25, 0.3) is 0 Å². The van der Waals surface area contributed by atoms with Crippen molar-refractivity contribution in [2.24, 2.45) is 0 Å². The minimum absolute atomic E-state index is 0. The summed E-state index contributed by atoms with van der Waals surface area (Å²) in [5.41, 5.74) is 0. The van der Waals surface area contributed by atoms with E-state index in [-0.39, 0.29) is 23.9 Å². The van der Waals surface area contributed by atoms with Crippen LogP contribution in [0.25, 0.3) is 0 Å². The van der Waals surface area contributed by atoms with Gasteiger partial charge in [-0.15, -0.1) is 0 Å². The van der Waals surface area contributed by atoms with E-state index in [2.05, 4.69) is 6.07 Å². The third kappa shape index (κ3) is 2.40. The second kappa shape index (κ2) is 3.95. The first-order valence-electron chi connectivity index (χ1n) is 2.12. The van der Waals surface area contributed by atoms with Crippen LogP contribution in [0.1, 0.15) is 0 Å². The third-order valence-electron chi connectivity index (χ3n) is 0.759. The molecule has 43 valence electrons. The molecule has 9 heavy (non-hydrogen) atoms. The molecule has 0 unspecified atom stereocenters. The number of hydrogen-bond acceptors (Lipinski definition) is 0. The van der Waals surface area contributed by atoms with E-state index in [4.69, 9.17) is 11.6 Å². The van der Waals surface area contributed by atoms with Crippen LogP contribution in [0.5, 0.6) is 0 Å². The van der Waals surface area contributed by atoms with Gasteiger partial charge >= 0.3 is 18.9 Å². The van der Waals surface area contributed by atoms with Crippen molar-refractivity contribution in [3.63, 3.8) is 0 Å². The second-order valence-electron chi connectivity index (χ2n) is 1.33. The van der Waals surface area contributed by atoms with Gasteiger partial charge in [-0.05, 0) is 6.07 Å². The van der Waals surface area contributed by atoms with Crippen LogP contribution in [0, 0.1) is 11.9 Å². The van der Waals surface area contributed by atoms with E-state index >= 15 is 0 Å². The van der Waals surface area contributed by atoms with Gasteiger partial charge in [0.05, 0.1) is 5.02 Å². The average molecular weight is 137 g/mol. The van der Waals surface area contributed by atoms with Crippen molar-refractivity contribution in [1.29, 1.82) is 0 Å². The van der Waals surface area contributed by atoms with Crippen LogP contribution in [-0.4, -0.2) is 18.9 Å². The molecule has 0 heterocycles. The summed E-state index contributed by atoms with van der Waals surface area (Å²) in [5.74, 6) is -0.492. The SMILES string of the molecule is Fc1[c]cccc1Cl.[LiH]. The fourth-order valence-corrected chi connectivity index (χ4v) is 0.523. The molecule has 1 aromatic rings. The molecule has 0 N–H and O–H groups in total. The van der Waals surface area contributed by atoms with E-state index in [9.17, 15) is 4.39 Å². The van der Waals surface area contributed by atoms with Crippen LogP contribution < -0.4 is 0 Å². The Bertz CT molecular complexity index is 169. The number of hydrogen-bond donors (Lipinski definition) is 0. The van der Waals surface area contributed by atoms with Crippen LogP contribution >= 0.6 is 11.6 Å². The van der Waals surface area contributed by atoms with Crippen molar-refractivity contribution >= 4 is 30.5 Å². The summed E-state index contributed by atoms with van der Waals surface area (Å²) in [4.78, 5) is 0. The predicted molar refractivity (Wildman–Crippen MR) is 37.4 cm³/mol. The molecule has 0 aliphatic rings. The van der Waals surface area contributed by atoms with Crippen LogP contribution in [0.3, 0.4) is 0 Å². The Morgan fingerprint density at radius 3 is 2.56 bits per heavy atom. The maximum atomic E-state index is 12.1. The van der Waals surface area contributed by atoms with Gasteiger partial charge in [-0.2, -0.15) is 0 Å². The van der Waals surface area contributed by atoms with Gasteiger partial charge in [0.15, 0.2) is 0 Å². The minimum atomic E-state index is -0.492. The first-order valence-corrected chi connectivity index (χ1v) is 2.50. The Morgan fingerprint density at radius 1 is 1.56 bits per heavy atom. The zero-order valence-electron chi connectivity index (χ0n) is 3.99. The normalized spacial score (nSPS) is 8.22. The van der Waals surface area contributed by atoms with E-state index in [0.717, 1.165) is 0 Å². The fraction of sp³-hybridized carbons (Fsp3) is 0. The van der Waals surface area contributed by atoms with Gasteiger partial charge in [-0.3, -0.25) is 0 Å². The van der Waals surface area contributed by atoms with Gasteiger partial charge in [0, 0.05) is 6.07 Å². The standard InChI is InChI=1S/C6H3ClF.Li.H/c7-5-3-1-2-4-6(5)8;;/h1-3H;;. The quantitative estimate of drug-likeness (QED) is 0.477. The number of rotatable bonds is 0. The van der Waals surface area contributed by atoms with Crippen LogP contribution in [0.2, 0.25) is 5.02 Å². The molecule has 0 saturated carbocycles. The molecule has 3 heteroatoms. The van der Waals surface area contributed by atoms with Crippen LogP contribution in [0.4, 0.5) is 4.39 Å². The molecule has 0 atom stereocenters. The Hall–Kier alpha value is 0.0374. The molecule has 1 rings (SSSR count). The molecular formula is C6H4ClFLi. The van der Waals surface area contributed by atoms with Crippen molar-refractivity contribution < 1.29 is 4.39 Å². The molecule has 0 bridgehead atoms. The molecule has 0 aliphatic carbocycles. The first-order chi connectivity index (χ1) is 3.80. The summed E-state index contributed by atoms with van der Waals surface area (Å²) in [6.07, 6.45) is 0. The Morgan fingerprint density at radius 2 is 2.22 bits per heavy atom. The summed E-state index contributed by atoms with van der Waals surface area (Å²) < 4.78 is 12.1. The molecule has 1 aromatic carbocycles. The van der Waals surface area contributed by atoms with E-state index in [1.807, 2.05) is 0 Å². The monoisotopic (exact) mass is 137 g/mol. The topological polar surface area (TPSA) is 0 Å². The van der Waals surface area contributed by atoms with Gasteiger partial charge in [-0.1, -0.05) is 23.7 Å². The molecule has 0 nitrogen and oxygen atoms in total. The number of benzene rings is 1. The van der Waals surface area contributed by atoms with Crippen molar-refractivity contribution in [3.05, 3.63) is 35.1 Å². The third-order valence-corrected chi connectivity index (χ3v) is 1.05. The molecule has 0 saturated heterocycles. The molecule has 0 spiro atoms. The van der Waals surface area contributed by atoms with Gasteiger partial charge < -0.3 is 0 Å². The fourth-order valence-electron chi connectivity index (χ4n) is 0.396. The second-order valence-corrected chi connectivity index (χ2v) is 1.74. The molecule has 1 radical (unpaired) electrons. The maximum absolute atomic E-state index is 12.1. The Balaban J connectivity index is 0.000000640. The predicted octanol–water partition coefficient (Wildman–Crippen LogP) is 1.63. The summed E-state index contributed by atoms with van der Waals surface area (Å²) in [6.45, 7) is 0. The van der Waals surface area contributed by atoms with Crippen molar-refractivity contribution in [3.8, 4) is 0 Å². The van der Waals surface area contributed by atoms with E-state index < -0.39 is 5.82 Å². The van der Waals surface area contributed by atoms with Crippen molar-refractivity contribution in [2.45, 2.75) is 0 Å². The van der Waals surface area contributed by atoms with E-state index in [1.54, 1.807) is 6.07 Å². The molecule has 0 fully saturated rings. The summed E-state index contributed by atoms with van der Waals surface area (Å²) in [6, 6.07) is 6.88. The molecule has 0 aliphatic heterocycles. The van der Waals surface area contributed by atoms with Crippen molar-refractivity contribution in [1.82, 2.24) is 0 Å². The Kier molecular flexibility index (Phi) is 3.97. The molecule has 0 aromatic heterocycles. The van der Waals surface area contributed by atoms with Gasteiger partial charge in [-0.25, -0.2) is 4.39 Å². The van der Waals surface area contributed by atoms with E-state index in [1.165, 1.54) is 12.1 Å². The molecule has 0 amide bonds. The first kappa shape index (κ1) is 9.04. The number of halogens is 2. The zero-order valence-corrected chi connectivity index (χ0v) is 4.74. The van der Waals surface area contributed by atoms with Crippen molar-refractivity contribution in [2.75, 3.05) is 0 Å². The summed E-state index contributed by atoms with van der Waals surface area (Å²) in [5, 5.41) is 0.118. The zero-order chi connectivity index (χ0) is 5.98. The average Bonchev–Trinajstić information content (AvgIpc) is 1.77. The van der Waals surface area contributed by atoms with Crippen LogP contribution in [0.15, 0.2) is 18.2 Å². The van der Waals surface area contributed by atoms with Gasteiger partial charge in [0.2, 0.25) is 0 Å². The van der Waals surface area contributed by atoms with Gasteiger partial charge in [0.1, 0.15) is 5.82 Å². The van der Waals surface area contributed by atoms with E-state index in [0.29, 0.717) is 0 Å². The van der Waals surface area contributed by atoms with Crippen LogP contribution in [-0.2, 0) is 0 Å². The summed E-state index contributed by atoms with van der Waals surface area (Å²) >= 11 is 5.30.